The highest BCUT2D eigenvalue weighted by atomic mass is 19.4. The molecule has 0 atom stereocenters. The van der Waals surface area contributed by atoms with Crippen LogP contribution in [0.1, 0.15) is 5.56 Å². The minimum absolute atomic E-state index is 0.0552. The van der Waals surface area contributed by atoms with Gasteiger partial charge in [0.05, 0.1) is 38.4 Å². The first-order valence-corrected chi connectivity index (χ1v) is 10.5. The van der Waals surface area contributed by atoms with E-state index in [1.807, 2.05) is 4.90 Å². The maximum absolute atomic E-state index is 13.0. The van der Waals surface area contributed by atoms with E-state index in [2.05, 4.69) is 5.32 Å². The number of carbonyl (C=O) groups excluding carboxylic acids is 1. The molecule has 0 aromatic heterocycles. The lowest BCUT2D eigenvalue weighted by Crippen LogP contribution is -2.48. The molecule has 0 unspecified atom stereocenters. The molecule has 0 radical (unpaired) electrons. The molecule has 2 aromatic rings. The van der Waals surface area contributed by atoms with Crippen LogP contribution in [0, 0.1) is 10.1 Å². The van der Waals surface area contributed by atoms with Gasteiger partial charge >= 0.3 is 6.18 Å². The molecule has 190 valence electrons. The molecule has 1 heterocycles. The fraction of sp³-hybridized carbons (Fsp3) is 0.409. The Labute approximate surface area is 199 Å². The van der Waals surface area contributed by atoms with E-state index in [1.54, 1.807) is 17.0 Å². The van der Waals surface area contributed by atoms with Crippen molar-refractivity contribution in [1.82, 2.24) is 4.90 Å². The van der Waals surface area contributed by atoms with Crippen molar-refractivity contribution in [3.8, 4) is 17.2 Å². The molecule has 1 aliphatic rings. The van der Waals surface area contributed by atoms with Gasteiger partial charge in [0, 0.05) is 50.1 Å². The molecule has 0 saturated carbocycles. The third kappa shape index (κ3) is 6.04. The van der Waals surface area contributed by atoms with Crippen molar-refractivity contribution in [1.29, 1.82) is 0 Å². The van der Waals surface area contributed by atoms with Gasteiger partial charge in [-0.25, -0.2) is 0 Å². The number of amides is 1. The Kier molecular flexibility index (Phi) is 7.89. The number of nitro benzene ring substituents is 1. The molecular weight excluding hydrogens is 473 g/mol. The van der Waals surface area contributed by atoms with E-state index in [0.29, 0.717) is 55.2 Å². The lowest BCUT2D eigenvalue weighted by Gasteiger charge is -2.35. The molecule has 1 N–H and O–H groups in total. The van der Waals surface area contributed by atoms with Crippen molar-refractivity contribution < 1.29 is 37.1 Å². The Morgan fingerprint density at radius 1 is 1.03 bits per heavy atom. The molecule has 3 rings (SSSR count). The summed E-state index contributed by atoms with van der Waals surface area (Å²) in [4.78, 5) is 26.6. The Hall–Kier alpha value is -3.74. The number of hydrogen-bond acceptors (Lipinski definition) is 8. The molecule has 1 fully saturated rings. The van der Waals surface area contributed by atoms with Crippen LogP contribution in [0.2, 0.25) is 0 Å². The van der Waals surface area contributed by atoms with E-state index in [1.165, 1.54) is 21.3 Å². The van der Waals surface area contributed by atoms with Crippen LogP contribution in [0.15, 0.2) is 30.3 Å². The number of halogens is 3. The van der Waals surface area contributed by atoms with E-state index in [4.69, 9.17) is 14.2 Å². The second-order valence-corrected chi connectivity index (χ2v) is 7.68. The zero-order valence-electron chi connectivity index (χ0n) is 19.3. The quantitative estimate of drug-likeness (QED) is 0.436. The third-order valence-corrected chi connectivity index (χ3v) is 5.53. The van der Waals surface area contributed by atoms with E-state index in [-0.39, 0.29) is 18.1 Å². The average Bonchev–Trinajstić information content (AvgIpc) is 2.82. The molecule has 0 aliphatic carbocycles. The molecule has 10 nitrogen and oxygen atoms in total. The zero-order chi connectivity index (χ0) is 25.8. The standard InChI is InChI=1S/C22H25F3N4O6/c1-33-18-11-15(12-19(34-2)21(18)35-3)26-20(30)13-27-6-8-28(9-7-27)16-5-4-14(22(23,24)25)10-17(16)29(31)32/h4-5,10-12H,6-9,13H2,1-3H3,(H,26,30). The molecule has 1 amide bonds. The van der Waals surface area contributed by atoms with Gasteiger partial charge in [-0.1, -0.05) is 0 Å². The Balaban J connectivity index is 1.63. The SMILES string of the molecule is COc1cc(NC(=O)CN2CCN(c3ccc(C(F)(F)F)cc3[N+](=O)[O-])CC2)cc(OC)c1OC. The van der Waals surface area contributed by atoms with Crippen molar-refractivity contribution in [3.05, 3.63) is 46.0 Å². The van der Waals surface area contributed by atoms with Gasteiger partial charge in [0.25, 0.3) is 5.69 Å². The molecule has 2 aromatic carbocycles. The molecule has 0 bridgehead atoms. The number of benzene rings is 2. The highest BCUT2D eigenvalue weighted by Gasteiger charge is 2.34. The van der Waals surface area contributed by atoms with Crippen LogP contribution in [-0.4, -0.2) is 69.8 Å². The largest absolute Gasteiger partial charge is 0.493 e. The number of nitro groups is 1. The van der Waals surface area contributed by atoms with Gasteiger partial charge in [-0.05, 0) is 12.1 Å². The summed E-state index contributed by atoms with van der Waals surface area (Å²) in [7, 11) is 4.39. The number of nitrogens with zero attached hydrogens (tertiary/aromatic N) is 3. The summed E-state index contributed by atoms with van der Waals surface area (Å²) < 4.78 is 54.7. The van der Waals surface area contributed by atoms with Crippen molar-refractivity contribution in [3.63, 3.8) is 0 Å². The van der Waals surface area contributed by atoms with Gasteiger partial charge in [0.15, 0.2) is 11.5 Å². The van der Waals surface area contributed by atoms with Crippen LogP contribution in [0.4, 0.5) is 30.2 Å². The summed E-state index contributed by atoms with van der Waals surface area (Å²) in [5.41, 5.74) is -1.11. The number of hydrogen-bond donors (Lipinski definition) is 1. The van der Waals surface area contributed by atoms with Gasteiger partial charge in [0.2, 0.25) is 11.7 Å². The Morgan fingerprint density at radius 3 is 2.11 bits per heavy atom. The minimum atomic E-state index is -4.67. The van der Waals surface area contributed by atoms with Gasteiger partial charge in [0.1, 0.15) is 5.69 Å². The van der Waals surface area contributed by atoms with Crippen molar-refractivity contribution >= 4 is 23.0 Å². The summed E-state index contributed by atoms with van der Waals surface area (Å²) in [6.07, 6.45) is -4.67. The maximum atomic E-state index is 13.0. The van der Waals surface area contributed by atoms with E-state index in [0.717, 1.165) is 12.1 Å². The average molecular weight is 498 g/mol. The Bertz CT molecular complexity index is 1060. The Morgan fingerprint density at radius 2 is 1.63 bits per heavy atom. The summed E-state index contributed by atoms with van der Waals surface area (Å²) in [5.74, 6) is 0.859. The lowest BCUT2D eigenvalue weighted by molar-refractivity contribution is -0.384. The summed E-state index contributed by atoms with van der Waals surface area (Å²) in [6, 6.07) is 5.70. The van der Waals surface area contributed by atoms with E-state index in [9.17, 15) is 28.1 Å². The third-order valence-electron chi connectivity index (χ3n) is 5.53. The monoisotopic (exact) mass is 498 g/mol. The lowest BCUT2D eigenvalue weighted by atomic mass is 10.1. The predicted molar refractivity (Wildman–Crippen MR) is 121 cm³/mol. The predicted octanol–water partition coefficient (Wildman–Crippen LogP) is 3.40. The second-order valence-electron chi connectivity index (χ2n) is 7.68. The topological polar surface area (TPSA) is 106 Å². The fourth-order valence-corrected chi connectivity index (χ4v) is 3.82. The number of carbonyl (C=O) groups is 1. The summed E-state index contributed by atoms with van der Waals surface area (Å²) in [6.45, 7) is 1.45. The van der Waals surface area contributed by atoms with Gasteiger partial charge in [-0.3, -0.25) is 19.8 Å². The number of rotatable bonds is 8. The van der Waals surface area contributed by atoms with Crippen LogP contribution in [-0.2, 0) is 11.0 Å². The summed E-state index contributed by atoms with van der Waals surface area (Å²) >= 11 is 0. The van der Waals surface area contributed by atoms with E-state index >= 15 is 0 Å². The van der Waals surface area contributed by atoms with Gasteiger partial charge in [-0.2, -0.15) is 13.2 Å². The highest BCUT2D eigenvalue weighted by Crippen LogP contribution is 2.40. The van der Waals surface area contributed by atoms with Crippen molar-refractivity contribution in [2.75, 3.05) is 64.3 Å². The normalized spacial score (nSPS) is 14.4. The second kappa shape index (κ2) is 10.7. The fourth-order valence-electron chi connectivity index (χ4n) is 3.82. The van der Waals surface area contributed by atoms with E-state index < -0.39 is 22.4 Å². The molecule has 35 heavy (non-hydrogen) atoms. The van der Waals surface area contributed by atoms with Gasteiger partial charge < -0.3 is 24.4 Å². The molecule has 1 aliphatic heterocycles. The molecular formula is C22H25F3N4O6. The molecule has 1 saturated heterocycles. The van der Waals surface area contributed by atoms with Crippen molar-refractivity contribution in [2.24, 2.45) is 0 Å². The van der Waals surface area contributed by atoms with Crippen LogP contribution in [0.3, 0.4) is 0 Å². The first-order chi connectivity index (χ1) is 16.6. The minimum Gasteiger partial charge on any atom is -0.493 e. The highest BCUT2D eigenvalue weighted by molar-refractivity contribution is 5.93. The first kappa shape index (κ1) is 25.9. The number of piperazine rings is 1. The summed E-state index contributed by atoms with van der Waals surface area (Å²) in [5, 5.41) is 14.2. The number of methoxy groups -OCH3 is 3. The number of anilines is 2. The first-order valence-electron chi connectivity index (χ1n) is 10.5. The maximum Gasteiger partial charge on any atom is 0.416 e. The van der Waals surface area contributed by atoms with Gasteiger partial charge in [-0.15, -0.1) is 0 Å². The van der Waals surface area contributed by atoms with Crippen LogP contribution >= 0.6 is 0 Å². The molecule has 13 heteroatoms. The van der Waals surface area contributed by atoms with Crippen LogP contribution in [0.5, 0.6) is 17.2 Å². The van der Waals surface area contributed by atoms with Crippen molar-refractivity contribution in [2.45, 2.75) is 6.18 Å². The number of nitrogens with one attached hydrogen (secondary N) is 1. The van der Waals surface area contributed by atoms with Crippen LogP contribution in [0.25, 0.3) is 0 Å². The zero-order valence-corrected chi connectivity index (χ0v) is 19.3. The molecule has 0 spiro atoms. The number of ether oxygens (including phenoxy) is 3. The van der Waals surface area contributed by atoms with Crippen LogP contribution < -0.4 is 24.4 Å². The smallest absolute Gasteiger partial charge is 0.416 e. The number of alkyl halides is 3.